The molecule has 0 aliphatic heterocycles. The van der Waals surface area contributed by atoms with Crippen molar-refractivity contribution in [2.24, 2.45) is 11.5 Å². The zero-order valence-electron chi connectivity index (χ0n) is 30.3. The van der Waals surface area contributed by atoms with Crippen LogP contribution in [0.25, 0.3) is 0 Å². The van der Waals surface area contributed by atoms with E-state index in [0.717, 1.165) is 25.7 Å². The van der Waals surface area contributed by atoms with Gasteiger partial charge in [0.05, 0.1) is 0 Å². The minimum absolute atomic E-state index is 0.156. The van der Waals surface area contributed by atoms with Crippen molar-refractivity contribution in [1.82, 2.24) is 0 Å². The number of carbonyl (C=O) groups excluding carboxylic acids is 2. The lowest BCUT2D eigenvalue weighted by atomic mass is 10.0. The number of primary amides is 2. The highest BCUT2D eigenvalue weighted by atomic mass is 16.1. The van der Waals surface area contributed by atoms with E-state index in [0.29, 0.717) is 12.8 Å². The summed E-state index contributed by atoms with van der Waals surface area (Å²) in [6, 6.07) is 9.52. The maximum atomic E-state index is 10.7. The van der Waals surface area contributed by atoms with Gasteiger partial charge in [0.2, 0.25) is 11.8 Å². The van der Waals surface area contributed by atoms with Crippen LogP contribution in [0.5, 0.6) is 0 Å². The lowest BCUT2D eigenvalue weighted by Crippen LogP contribution is -2.09. The van der Waals surface area contributed by atoms with Crippen LogP contribution in [-0.4, -0.2) is 11.8 Å². The highest BCUT2D eigenvalue weighted by Crippen LogP contribution is 2.17. The van der Waals surface area contributed by atoms with Crippen LogP contribution < -0.4 is 11.5 Å². The molecule has 2 amide bonds. The lowest BCUT2D eigenvalue weighted by Gasteiger charge is -2.06. The SMILES string of the molecule is NC(=O)CCCCCCCCCCCCCCCCCc1ccc(CCCCCCCCCCCCCCCCCC(N)=O)cc1. The second kappa shape index (κ2) is 33.1. The van der Waals surface area contributed by atoms with E-state index in [1.807, 2.05) is 0 Å². The Bertz CT molecular complexity index is 739. The topological polar surface area (TPSA) is 86.2 Å². The summed E-state index contributed by atoms with van der Waals surface area (Å²) in [6.07, 6.45) is 43.6. The maximum absolute atomic E-state index is 10.7. The van der Waals surface area contributed by atoms with Crippen molar-refractivity contribution in [3.63, 3.8) is 0 Å². The summed E-state index contributed by atoms with van der Waals surface area (Å²) in [5.41, 5.74) is 13.4. The predicted molar refractivity (Wildman–Crippen MR) is 200 cm³/mol. The lowest BCUT2D eigenvalue weighted by molar-refractivity contribution is -0.119. The van der Waals surface area contributed by atoms with Crippen LogP contribution >= 0.6 is 0 Å². The van der Waals surface area contributed by atoms with Crippen molar-refractivity contribution in [1.29, 1.82) is 0 Å². The number of unbranched alkanes of at least 4 members (excludes halogenated alkanes) is 28. The first-order valence-corrected chi connectivity index (χ1v) is 20.2. The second-order valence-electron chi connectivity index (χ2n) is 14.4. The Morgan fingerprint density at radius 3 is 0.674 bits per heavy atom. The number of aryl methyl sites for hydroxylation is 2. The molecule has 0 atom stereocenters. The van der Waals surface area contributed by atoms with Gasteiger partial charge in [0.1, 0.15) is 0 Å². The number of hydrogen-bond acceptors (Lipinski definition) is 2. The van der Waals surface area contributed by atoms with E-state index in [-0.39, 0.29) is 11.8 Å². The quantitative estimate of drug-likeness (QED) is 0.0715. The van der Waals surface area contributed by atoms with Crippen molar-refractivity contribution >= 4 is 11.8 Å². The molecule has 1 aromatic rings. The van der Waals surface area contributed by atoms with Crippen molar-refractivity contribution in [3.05, 3.63) is 35.4 Å². The summed E-state index contributed by atoms with van der Waals surface area (Å²) in [7, 11) is 0. The molecule has 266 valence electrons. The van der Waals surface area contributed by atoms with Gasteiger partial charge in [-0.1, -0.05) is 191 Å². The van der Waals surface area contributed by atoms with Crippen LogP contribution in [0.4, 0.5) is 0 Å². The van der Waals surface area contributed by atoms with Crippen LogP contribution in [0.3, 0.4) is 0 Å². The van der Waals surface area contributed by atoms with E-state index in [9.17, 15) is 9.59 Å². The molecule has 4 heteroatoms. The third-order valence-electron chi connectivity index (χ3n) is 9.80. The Labute approximate surface area is 286 Å². The van der Waals surface area contributed by atoms with E-state index < -0.39 is 0 Å². The average molecular weight is 641 g/mol. The molecule has 0 saturated heterocycles. The first kappa shape index (κ1) is 42.2. The molecule has 0 bridgehead atoms. The summed E-state index contributed by atoms with van der Waals surface area (Å²) in [5.74, 6) is -0.312. The Balaban J connectivity index is 1.80. The maximum Gasteiger partial charge on any atom is 0.217 e. The van der Waals surface area contributed by atoms with Gasteiger partial charge in [-0.15, -0.1) is 0 Å². The first-order chi connectivity index (χ1) is 22.6. The summed E-state index contributed by atoms with van der Waals surface area (Å²) in [4.78, 5) is 21.5. The highest BCUT2D eigenvalue weighted by molar-refractivity contribution is 5.73. The van der Waals surface area contributed by atoms with Crippen molar-refractivity contribution in [2.45, 2.75) is 218 Å². The fourth-order valence-electron chi connectivity index (χ4n) is 6.73. The number of hydrogen-bond donors (Lipinski definition) is 2. The zero-order chi connectivity index (χ0) is 33.2. The fraction of sp³-hybridized carbons (Fsp3) is 0.810. The molecule has 0 radical (unpaired) electrons. The smallest absolute Gasteiger partial charge is 0.217 e. The van der Waals surface area contributed by atoms with Gasteiger partial charge in [-0.25, -0.2) is 0 Å². The van der Waals surface area contributed by atoms with Crippen LogP contribution in [0.15, 0.2) is 24.3 Å². The van der Waals surface area contributed by atoms with Crippen LogP contribution in [0.2, 0.25) is 0 Å². The Hall–Kier alpha value is -1.84. The molecule has 0 aliphatic carbocycles. The molecular formula is C42H76N2O2. The molecular weight excluding hydrogens is 564 g/mol. The van der Waals surface area contributed by atoms with Crippen molar-refractivity contribution in [2.75, 3.05) is 0 Å². The molecule has 4 nitrogen and oxygen atoms in total. The fourth-order valence-corrected chi connectivity index (χ4v) is 6.73. The van der Waals surface area contributed by atoms with Crippen LogP contribution in [0.1, 0.15) is 217 Å². The standard InChI is InChI=1S/C42H76N2O2/c43-41(45)33-29-25-21-17-13-9-5-1-3-7-11-15-19-23-27-31-39-35-37-40(38-36-39)32-28-24-20-16-12-8-4-2-6-10-14-18-22-26-30-34-42(44)46/h35-38H,1-34H2,(H2,43,45)(H2,44,46). The average Bonchev–Trinajstić information content (AvgIpc) is 3.04. The summed E-state index contributed by atoms with van der Waals surface area (Å²) in [6.45, 7) is 0. The monoisotopic (exact) mass is 641 g/mol. The molecule has 0 fully saturated rings. The third kappa shape index (κ3) is 30.8. The third-order valence-corrected chi connectivity index (χ3v) is 9.80. The van der Waals surface area contributed by atoms with E-state index in [1.165, 1.54) is 191 Å². The molecule has 0 unspecified atom stereocenters. The number of benzene rings is 1. The molecule has 0 aromatic heterocycles. The zero-order valence-corrected chi connectivity index (χ0v) is 30.3. The van der Waals surface area contributed by atoms with Crippen LogP contribution in [0, 0.1) is 0 Å². The minimum atomic E-state index is -0.156. The number of amides is 2. The Morgan fingerprint density at radius 2 is 0.478 bits per heavy atom. The Morgan fingerprint density at radius 1 is 0.304 bits per heavy atom. The molecule has 1 aromatic carbocycles. The molecule has 0 aliphatic rings. The normalized spacial score (nSPS) is 11.3. The van der Waals surface area contributed by atoms with Gasteiger partial charge in [-0.3, -0.25) is 9.59 Å². The predicted octanol–water partition coefficient (Wildman–Crippen LogP) is 12.2. The molecule has 4 N–H and O–H groups in total. The Kier molecular flexibility index (Phi) is 30.3. The number of carbonyl (C=O) groups is 2. The largest absolute Gasteiger partial charge is 0.370 e. The summed E-state index contributed by atoms with van der Waals surface area (Å²) >= 11 is 0. The van der Waals surface area contributed by atoms with Gasteiger partial charge >= 0.3 is 0 Å². The van der Waals surface area contributed by atoms with Gasteiger partial charge in [0, 0.05) is 12.8 Å². The summed E-state index contributed by atoms with van der Waals surface area (Å²) in [5, 5.41) is 0. The van der Waals surface area contributed by atoms with E-state index in [4.69, 9.17) is 11.5 Å². The van der Waals surface area contributed by atoms with Crippen molar-refractivity contribution in [3.8, 4) is 0 Å². The number of rotatable bonds is 36. The van der Waals surface area contributed by atoms with Crippen LogP contribution in [-0.2, 0) is 22.4 Å². The minimum Gasteiger partial charge on any atom is -0.370 e. The van der Waals surface area contributed by atoms with Gasteiger partial charge in [0.25, 0.3) is 0 Å². The molecule has 0 heterocycles. The molecule has 1 rings (SSSR count). The summed E-state index contributed by atoms with van der Waals surface area (Å²) < 4.78 is 0. The second-order valence-corrected chi connectivity index (χ2v) is 14.4. The number of nitrogens with two attached hydrogens (primary N) is 2. The van der Waals surface area contributed by atoms with E-state index in [2.05, 4.69) is 24.3 Å². The van der Waals surface area contributed by atoms with E-state index in [1.54, 1.807) is 0 Å². The molecule has 0 spiro atoms. The van der Waals surface area contributed by atoms with Gasteiger partial charge in [0.15, 0.2) is 0 Å². The van der Waals surface area contributed by atoms with Gasteiger partial charge in [-0.2, -0.15) is 0 Å². The van der Waals surface area contributed by atoms with E-state index >= 15 is 0 Å². The first-order valence-electron chi connectivity index (χ1n) is 20.2. The molecule has 0 saturated carbocycles. The van der Waals surface area contributed by atoms with Gasteiger partial charge in [-0.05, 0) is 49.7 Å². The highest BCUT2D eigenvalue weighted by Gasteiger charge is 2.00. The molecule has 46 heavy (non-hydrogen) atoms. The van der Waals surface area contributed by atoms with Crippen molar-refractivity contribution < 1.29 is 9.59 Å². The van der Waals surface area contributed by atoms with Gasteiger partial charge < -0.3 is 11.5 Å².